The summed E-state index contributed by atoms with van der Waals surface area (Å²) < 4.78 is 0. The highest BCUT2D eigenvalue weighted by molar-refractivity contribution is 8.00. The zero-order valence-corrected chi connectivity index (χ0v) is 11.0. The van der Waals surface area contributed by atoms with Crippen molar-refractivity contribution in [3.8, 4) is 0 Å². The second-order valence-corrected chi connectivity index (χ2v) is 5.63. The van der Waals surface area contributed by atoms with Crippen LogP contribution in [0.1, 0.15) is 20.8 Å². The molecule has 94 valence electrons. The van der Waals surface area contributed by atoms with Crippen LogP contribution in [0, 0.1) is 16.0 Å². The summed E-state index contributed by atoms with van der Waals surface area (Å²) in [5, 5.41) is 11.2. The van der Waals surface area contributed by atoms with Gasteiger partial charge in [0.15, 0.2) is 0 Å². The molecular weight excluding hydrogens is 238 g/mol. The van der Waals surface area contributed by atoms with E-state index in [0.717, 1.165) is 4.90 Å². The molecule has 0 heterocycles. The fourth-order valence-electron chi connectivity index (χ4n) is 1.19. The number of hydrazine groups is 1. The Morgan fingerprint density at radius 2 is 2.00 bits per heavy atom. The standard InChI is InChI=1S/C11H17N3O2S/c1-7(2)8(3)17-11-5-9(13-12)4-10(6-11)14(15)16/h4-8,13H,12H2,1-3H3. The maximum absolute atomic E-state index is 10.8. The first-order valence-corrected chi connectivity index (χ1v) is 6.24. The van der Waals surface area contributed by atoms with E-state index in [4.69, 9.17) is 5.84 Å². The van der Waals surface area contributed by atoms with E-state index in [-0.39, 0.29) is 5.69 Å². The molecule has 0 radical (unpaired) electrons. The van der Waals surface area contributed by atoms with Gasteiger partial charge < -0.3 is 5.43 Å². The number of nitrogens with two attached hydrogens (primary N) is 1. The molecule has 0 fully saturated rings. The van der Waals surface area contributed by atoms with Gasteiger partial charge in [-0.05, 0) is 12.0 Å². The van der Waals surface area contributed by atoms with Crippen molar-refractivity contribution in [3.63, 3.8) is 0 Å². The van der Waals surface area contributed by atoms with Gasteiger partial charge in [0.05, 0.1) is 10.6 Å². The maximum atomic E-state index is 10.8. The smallest absolute Gasteiger partial charge is 0.272 e. The fraction of sp³-hybridized carbons (Fsp3) is 0.455. The van der Waals surface area contributed by atoms with Gasteiger partial charge >= 0.3 is 0 Å². The van der Waals surface area contributed by atoms with Crippen LogP contribution in [0.5, 0.6) is 0 Å². The number of nitrogens with one attached hydrogen (secondary N) is 1. The Hall–Kier alpha value is -1.27. The van der Waals surface area contributed by atoms with Gasteiger partial charge in [0.2, 0.25) is 0 Å². The highest BCUT2D eigenvalue weighted by Gasteiger charge is 2.13. The molecule has 6 heteroatoms. The number of rotatable bonds is 5. The first kappa shape index (κ1) is 13.8. The number of non-ortho nitro benzene ring substituents is 1. The molecule has 0 bridgehead atoms. The Bertz CT molecular complexity index is 410. The Kier molecular flexibility index (Phi) is 4.77. The third-order valence-electron chi connectivity index (χ3n) is 2.53. The predicted molar refractivity (Wildman–Crippen MR) is 71.1 cm³/mol. The number of thioether (sulfide) groups is 1. The third kappa shape index (κ3) is 3.90. The Morgan fingerprint density at radius 3 is 2.47 bits per heavy atom. The summed E-state index contributed by atoms with van der Waals surface area (Å²) in [5.41, 5.74) is 3.06. The lowest BCUT2D eigenvalue weighted by molar-refractivity contribution is -0.385. The molecule has 0 saturated carbocycles. The van der Waals surface area contributed by atoms with Crippen LogP contribution >= 0.6 is 11.8 Å². The summed E-state index contributed by atoms with van der Waals surface area (Å²) in [5.74, 6) is 5.80. The molecule has 0 aliphatic rings. The zero-order valence-electron chi connectivity index (χ0n) is 10.1. The van der Waals surface area contributed by atoms with E-state index in [1.54, 1.807) is 17.8 Å². The van der Waals surface area contributed by atoms with Crippen LogP contribution in [0.15, 0.2) is 23.1 Å². The quantitative estimate of drug-likeness (QED) is 0.366. The molecule has 0 aromatic heterocycles. The molecule has 0 saturated heterocycles. The van der Waals surface area contributed by atoms with Crippen molar-refractivity contribution in [1.82, 2.24) is 0 Å². The largest absolute Gasteiger partial charge is 0.324 e. The number of nitrogen functional groups attached to an aromatic ring is 1. The molecule has 1 aromatic carbocycles. The van der Waals surface area contributed by atoms with Gasteiger partial charge in [-0.1, -0.05) is 20.8 Å². The van der Waals surface area contributed by atoms with Gasteiger partial charge in [-0.2, -0.15) is 0 Å². The average molecular weight is 255 g/mol. The second kappa shape index (κ2) is 5.88. The monoisotopic (exact) mass is 255 g/mol. The molecule has 3 N–H and O–H groups in total. The molecule has 17 heavy (non-hydrogen) atoms. The first-order valence-electron chi connectivity index (χ1n) is 5.36. The van der Waals surface area contributed by atoms with Crippen LogP contribution < -0.4 is 11.3 Å². The van der Waals surface area contributed by atoms with E-state index in [1.165, 1.54) is 6.07 Å². The number of hydrogen-bond acceptors (Lipinski definition) is 5. The van der Waals surface area contributed by atoms with Crippen LogP contribution in [0.25, 0.3) is 0 Å². The summed E-state index contributed by atoms with van der Waals surface area (Å²) in [6.07, 6.45) is 0. The molecule has 1 aromatic rings. The zero-order chi connectivity index (χ0) is 13.0. The second-order valence-electron chi connectivity index (χ2n) is 4.18. The predicted octanol–water partition coefficient (Wildman–Crippen LogP) is 3.02. The molecule has 0 spiro atoms. The summed E-state index contributed by atoms with van der Waals surface area (Å²) in [6.45, 7) is 6.35. The van der Waals surface area contributed by atoms with Crippen LogP contribution in [-0.4, -0.2) is 10.2 Å². The SMILES string of the molecule is CC(C)C(C)Sc1cc(NN)cc([N+](=O)[O-])c1. The number of anilines is 1. The van der Waals surface area contributed by atoms with E-state index in [0.29, 0.717) is 16.9 Å². The van der Waals surface area contributed by atoms with Gasteiger partial charge in [0.25, 0.3) is 5.69 Å². The minimum Gasteiger partial charge on any atom is -0.324 e. The molecule has 0 aliphatic carbocycles. The average Bonchev–Trinajstić information content (AvgIpc) is 2.28. The van der Waals surface area contributed by atoms with Crippen molar-refractivity contribution in [3.05, 3.63) is 28.3 Å². The lowest BCUT2D eigenvalue weighted by Crippen LogP contribution is -2.08. The lowest BCUT2D eigenvalue weighted by atomic mass is 10.2. The van der Waals surface area contributed by atoms with Crippen molar-refractivity contribution in [1.29, 1.82) is 0 Å². The molecule has 1 atom stereocenters. The number of nitro groups is 1. The minimum atomic E-state index is -0.412. The lowest BCUT2D eigenvalue weighted by Gasteiger charge is -2.15. The van der Waals surface area contributed by atoms with E-state index in [2.05, 4.69) is 26.2 Å². The number of nitro benzene ring substituents is 1. The van der Waals surface area contributed by atoms with Crippen LogP contribution in [-0.2, 0) is 0 Å². The van der Waals surface area contributed by atoms with E-state index < -0.39 is 4.92 Å². The number of hydrogen-bond donors (Lipinski definition) is 2. The van der Waals surface area contributed by atoms with Crippen LogP contribution in [0.2, 0.25) is 0 Å². The first-order chi connectivity index (χ1) is 7.93. The molecule has 1 rings (SSSR count). The molecular formula is C11H17N3O2S. The fourth-order valence-corrected chi connectivity index (χ4v) is 2.28. The van der Waals surface area contributed by atoms with E-state index >= 15 is 0 Å². The highest BCUT2D eigenvalue weighted by Crippen LogP contribution is 2.32. The Balaban J connectivity index is 2.98. The normalized spacial score (nSPS) is 12.5. The van der Waals surface area contributed by atoms with Crippen LogP contribution in [0.3, 0.4) is 0 Å². The molecule has 0 amide bonds. The number of nitrogens with zero attached hydrogens (tertiary/aromatic N) is 1. The van der Waals surface area contributed by atoms with Crippen molar-refractivity contribution in [2.75, 3.05) is 5.43 Å². The topological polar surface area (TPSA) is 81.2 Å². The van der Waals surface area contributed by atoms with Gasteiger partial charge in [0.1, 0.15) is 0 Å². The number of benzene rings is 1. The van der Waals surface area contributed by atoms with Crippen molar-refractivity contribution in [2.45, 2.75) is 30.9 Å². The van der Waals surface area contributed by atoms with Crippen molar-refractivity contribution in [2.24, 2.45) is 11.8 Å². The molecule has 1 unspecified atom stereocenters. The molecule has 0 aliphatic heterocycles. The Labute approximate surface area is 105 Å². The van der Waals surface area contributed by atoms with E-state index in [1.807, 2.05) is 6.07 Å². The van der Waals surface area contributed by atoms with Crippen molar-refractivity contribution >= 4 is 23.1 Å². The third-order valence-corrected chi connectivity index (χ3v) is 3.95. The summed E-state index contributed by atoms with van der Waals surface area (Å²) in [6, 6.07) is 4.81. The van der Waals surface area contributed by atoms with Crippen molar-refractivity contribution < 1.29 is 4.92 Å². The van der Waals surface area contributed by atoms with Gasteiger partial charge in [-0.3, -0.25) is 16.0 Å². The summed E-state index contributed by atoms with van der Waals surface area (Å²) in [4.78, 5) is 11.2. The van der Waals surface area contributed by atoms with E-state index in [9.17, 15) is 10.1 Å². The van der Waals surface area contributed by atoms with Crippen LogP contribution in [0.4, 0.5) is 11.4 Å². The van der Waals surface area contributed by atoms with Gasteiger partial charge in [-0.15, -0.1) is 11.8 Å². The Morgan fingerprint density at radius 1 is 1.35 bits per heavy atom. The minimum absolute atomic E-state index is 0.0545. The summed E-state index contributed by atoms with van der Waals surface area (Å²) in [7, 11) is 0. The molecule has 5 nitrogen and oxygen atoms in total. The maximum Gasteiger partial charge on any atom is 0.272 e. The van der Waals surface area contributed by atoms with Gasteiger partial charge in [0, 0.05) is 22.3 Å². The highest BCUT2D eigenvalue weighted by atomic mass is 32.2. The summed E-state index contributed by atoms with van der Waals surface area (Å²) >= 11 is 1.61. The van der Waals surface area contributed by atoms with Gasteiger partial charge in [-0.25, -0.2) is 0 Å².